The highest BCUT2D eigenvalue weighted by Crippen LogP contribution is 2.27. The summed E-state index contributed by atoms with van der Waals surface area (Å²) in [5.74, 6) is 0. The second-order valence-corrected chi connectivity index (χ2v) is 6.89. The molecule has 1 aliphatic heterocycles. The lowest BCUT2D eigenvalue weighted by Gasteiger charge is -2.32. The average Bonchev–Trinajstić information content (AvgIpc) is 2.76. The first-order valence-corrected chi connectivity index (χ1v) is 8.41. The highest BCUT2D eigenvalue weighted by molar-refractivity contribution is 7.11. The van der Waals surface area contributed by atoms with E-state index in [2.05, 4.69) is 25.7 Å². The van der Waals surface area contributed by atoms with E-state index in [9.17, 15) is 0 Å². The zero-order valence-electron chi connectivity index (χ0n) is 12.5. The Kier molecular flexibility index (Phi) is 5.37. The first kappa shape index (κ1) is 14.9. The highest BCUT2D eigenvalue weighted by Gasteiger charge is 2.21. The van der Waals surface area contributed by atoms with Crippen LogP contribution in [0.4, 0.5) is 0 Å². The van der Waals surface area contributed by atoms with Crippen LogP contribution in [0.25, 0.3) is 0 Å². The smallest absolute Gasteiger partial charge is 0.107 e. The normalized spacial score (nSPS) is 22.6. The summed E-state index contributed by atoms with van der Waals surface area (Å²) in [5.41, 5.74) is 7.31. The van der Waals surface area contributed by atoms with Gasteiger partial charge in [0, 0.05) is 17.0 Å². The molecular weight excluding hydrogens is 254 g/mol. The Morgan fingerprint density at radius 2 is 2.26 bits per heavy atom. The van der Waals surface area contributed by atoms with Gasteiger partial charge in [0.15, 0.2) is 0 Å². The lowest BCUT2D eigenvalue weighted by Crippen LogP contribution is -2.36. The number of nitrogens with two attached hydrogens (primary N) is 1. The Hall–Kier alpha value is -0.450. The number of rotatable bonds is 5. The molecule has 2 unspecified atom stereocenters. The minimum absolute atomic E-state index is 0.117. The second kappa shape index (κ2) is 6.82. The molecule has 0 radical (unpaired) electrons. The Labute approximate surface area is 121 Å². The Bertz CT molecular complexity index is 400. The summed E-state index contributed by atoms with van der Waals surface area (Å²) in [4.78, 5) is 8.71. The summed E-state index contributed by atoms with van der Waals surface area (Å²) in [7, 11) is 0. The molecule has 2 heterocycles. The summed E-state index contributed by atoms with van der Waals surface area (Å²) in [6, 6.07) is 0.817. The van der Waals surface area contributed by atoms with Crippen molar-refractivity contribution in [2.24, 2.45) is 5.73 Å². The standard InChI is InChI=1S/C15H27N3S/c1-4-7-13-15(12(3)16)19-14(17-13)10-18-9-6-5-8-11(18)2/h11-12H,4-10,16H2,1-3H3. The fraction of sp³-hybridized carbons (Fsp3) is 0.800. The monoisotopic (exact) mass is 281 g/mol. The number of hydrogen-bond donors (Lipinski definition) is 1. The van der Waals surface area contributed by atoms with E-state index in [1.54, 1.807) is 0 Å². The molecule has 0 aromatic carbocycles. The fourth-order valence-corrected chi connectivity index (χ4v) is 3.91. The van der Waals surface area contributed by atoms with Gasteiger partial charge >= 0.3 is 0 Å². The SMILES string of the molecule is CCCc1nc(CN2CCCCC2C)sc1C(C)N. The van der Waals surface area contributed by atoms with Crippen LogP contribution in [-0.4, -0.2) is 22.5 Å². The molecular formula is C15H27N3S. The van der Waals surface area contributed by atoms with Crippen molar-refractivity contribution in [3.63, 3.8) is 0 Å². The predicted molar refractivity (Wildman–Crippen MR) is 82.4 cm³/mol. The third-order valence-electron chi connectivity index (χ3n) is 3.95. The number of piperidine rings is 1. The lowest BCUT2D eigenvalue weighted by atomic mass is 10.0. The molecule has 2 atom stereocenters. The third kappa shape index (κ3) is 3.77. The van der Waals surface area contributed by atoms with Crippen LogP contribution in [0.2, 0.25) is 0 Å². The molecule has 2 N–H and O–H groups in total. The van der Waals surface area contributed by atoms with E-state index in [1.807, 2.05) is 11.3 Å². The van der Waals surface area contributed by atoms with Crippen LogP contribution in [0.1, 0.15) is 68.1 Å². The molecule has 19 heavy (non-hydrogen) atoms. The maximum atomic E-state index is 6.08. The van der Waals surface area contributed by atoms with E-state index < -0.39 is 0 Å². The largest absolute Gasteiger partial charge is 0.323 e. The number of nitrogens with zero attached hydrogens (tertiary/aromatic N) is 2. The van der Waals surface area contributed by atoms with Crippen molar-refractivity contribution < 1.29 is 0 Å². The summed E-state index contributed by atoms with van der Waals surface area (Å²) < 4.78 is 0. The lowest BCUT2D eigenvalue weighted by molar-refractivity contribution is 0.152. The van der Waals surface area contributed by atoms with Gasteiger partial charge in [-0.2, -0.15) is 0 Å². The van der Waals surface area contributed by atoms with Crippen LogP contribution in [-0.2, 0) is 13.0 Å². The topological polar surface area (TPSA) is 42.2 Å². The van der Waals surface area contributed by atoms with Crippen molar-refractivity contribution in [1.29, 1.82) is 0 Å². The van der Waals surface area contributed by atoms with Crippen LogP contribution in [0.5, 0.6) is 0 Å². The predicted octanol–water partition coefficient (Wildman–Crippen LogP) is 3.49. The van der Waals surface area contributed by atoms with Crippen molar-refractivity contribution in [2.75, 3.05) is 6.54 Å². The second-order valence-electron chi connectivity index (χ2n) is 5.77. The third-order valence-corrected chi connectivity index (χ3v) is 5.23. The van der Waals surface area contributed by atoms with E-state index in [4.69, 9.17) is 10.7 Å². The van der Waals surface area contributed by atoms with Gasteiger partial charge < -0.3 is 5.73 Å². The number of aromatic nitrogens is 1. The Morgan fingerprint density at radius 3 is 2.89 bits per heavy atom. The van der Waals surface area contributed by atoms with Crippen molar-refractivity contribution >= 4 is 11.3 Å². The minimum Gasteiger partial charge on any atom is -0.323 e. The minimum atomic E-state index is 0.117. The number of aryl methyl sites for hydroxylation is 1. The molecule has 4 heteroatoms. The van der Waals surface area contributed by atoms with E-state index in [1.165, 1.54) is 41.4 Å². The molecule has 1 aliphatic rings. The molecule has 0 amide bonds. The van der Waals surface area contributed by atoms with Gasteiger partial charge in [-0.3, -0.25) is 4.90 Å². The molecule has 2 rings (SSSR count). The van der Waals surface area contributed by atoms with Gasteiger partial charge in [0.2, 0.25) is 0 Å². The molecule has 1 aromatic rings. The van der Waals surface area contributed by atoms with Crippen LogP contribution < -0.4 is 5.73 Å². The summed E-state index contributed by atoms with van der Waals surface area (Å²) in [6.07, 6.45) is 6.23. The first-order chi connectivity index (χ1) is 9.11. The first-order valence-electron chi connectivity index (χ1n) is 7.60. The maximum Gasteiger partial charge on any atom is 0.107 e. The summed E-state index contributed by atoms with van der Waals surface area (Å²) >= 11 is 1.83. The summed E-state index contributed by atoms with van der Waals surface area (Å²) in [6.45, 7) is 8.84. The average molecular weight is 281 g/mol. The molecule has 1 fully saturated rings. The zero-order valence-corrected chi connectivity index (χ0v) is 13.3. The maximum absolute atomic E-state index is 6.08. The van der Waals surface area contributed by atoms with Gasteiger partial charge in [-0.05, 0) is 39.7 Å². The van der Waals surface area contributed by atoms with Gasteiger partial charge in [0.1, 0.15) is 5.01 Å². The van der Waals surface area contributed by atoms with Crippen molar-refractivity contribution in [2.45, 2.75) is 71.5 Å². The van der Waals surface area contributed by atoms with Crippen molar-refractivity contribution in [3.8, 4) is 0 Å². The number of thiazole rings is 1. The molecule has 1 saturated heterocycles. The van der Waals surface area contributed by atoms with E-state index in [0.29, 0.717) is 6.04 Å². The quantitative estimate of drug-likeness (QED) is 0.898. The van der Waals surface area contributed by atoms with Gasteiger partial charge in [-0.15, -0.1) is 11.3 Å². The molecule has 0 saturated carbocycles. The molecule has 0 bridgehead atoms. The van der Waals surface area contributed by atoms with Crippen LogP contribution in [0.3, 0.4) is 0 Å². The highest BCUT2D eigenvalue weighted by atomic mass is 32.1. The van der Waals surface area contributed by atoms with E-state index >= 15 is 0 Å². The van der Waals surface area contributed by atoms with Crippen molar-refractivity contribution in [3.05, 3.63) is 15.6 Å². The number of likely N-dealkylation sites (tertiary alicyclic amines) is 1. The van der Waals surface area contributed by atoms with Crippen LogP contribution in [0.15, 0.2) is 0 Å². The fourth-order valence-electron chi connectivity index (χ4n) is 2.82. The van der Waals surface area contributed by atoms with Gasteiger partial charge in [-0.1, -0.05) is 19.8 Å². The summed E-state index contributed by atoms with van der Waals surface area (Å²) in [5, 5.41) is 1.25. The molecule has 3 nitrogen and oxygen atoms in total. The molecule has 1 aromatic heterocycles. The Balaban J connectivity index is 2.09. The Morgan fingerprint density at radius 1 is 1.47 bits per heavy atom. The van der Waals surface area contributed by atoms with Crippen LogP contribution in [0, 0.1) is 0 Å². The molecule has 0 aliphatic carbocycles. The van der Waals surface area contributed by atoms with Gasteiger partial charge in [-0.25, -0.2) is 4.98 Å². The van der Waals surface area contributed by atoms with Gasteiger partial charge in [0.25, 0.3) is 0 Å². The zero-order chi connectivity index (χ0) is 13.8. The van der Waals surface area contributed by atoms with Gasteiger partial charge in [0.05, 0.1) is 12.2 Å². The number of hydrogen-bond acceptors (Lipinski definition) is 4. The molecule has 108 valence electrons. The van der Waals surface area contributed by atoms with E-state index in [-0.39, 0.29) is 6.04 Å². The van der Waals surface area contributed by atoms with Crippen LogP contribution >= 0.6 is 11.3 Å². The van der Waals surface area contributed by atoms with Crippen molar-refractivity contribution in [1.82, 2.24) is 9.88 Å². The molecule has 0 spiro atoms. The van der Waals surface area contributed by atoms with E-state index in [0.717, 1.165) is 19.4 Å².